The SMILES string of the molecule is COCc1c(N)c(=O)n(CCCOc2ccccc2)n1C. The van der Waals surface area contributed by atoms with Crippen molar-refractivity contribution >= 4 is 5.69 Å². The second-order valence-electron chi connectivity index (χ2n) is 4.76. The van der Waals surface area contributed by atoms with Crippen molar-refractivity contribution in [3.8, 4) is 5.75 Å². The number of nitrogens with two attached hydrogens (primary N) is 1. The number of benzene rings is 1. The first-order valence-electron chi connectivity index (χ1n) is 6.86. The van der Waals surface area contributed by atoms with E-state index in [1.165, 1.54) is 0 Å². The van der Waals surface area contributed by atoms with Crippen LogP contribution in [0.25, 0.3) is 0 Å². The summed E-state index contributed by atoms with van der Waals surface area (Å²) in [6, 6.07) is 9.60. The fourth-order valence-electron chi connectivity index (χ4n) is 2.20. The Hall–Kier alpha value is -2.21. The number of hydrogen-bond donors (Lipinski definition) is 1. The summed E-state index contributed by atoms with van der Waals surface area (Å²) in [7, 11) is 3.39. The predicted octanol–water partition coefficient (Wildman–Crippen LogP) is 1.38. The fraction of sp³-hybridized carbons (Fsp3) is 0.400. The molecule has 114 valence electrons. The molecule has 2 aromatic rings. The Bertz CT molecular complexity index is 632. The van der Waals surface area contributed by atoms with E-state index in [1.807, 2.05) is 37.4 Å². The van der Waals surface area contributed by atoms with Gasteiger partial charge in [-0.3, -0.25) is 9.48 Å². The molecule has 0 bridgehead atoms. The molecule has 0 amide bonds. The summed E-state index contributed by atoms with van der Waals surface area (Å²) in [6.07, 6.45) is 0.721. The van der Waals surface area contributed by atoms with Gasteiger partial charge in [0.2, 0.25) is 0 Å². The van der Waals surface area contributed by atoms with Crippen molar-refractivity contribution < 1.29 is 9.47 Å². The van der Waals surface area contributed by atoms with Crippen molar-refractivity contribution in [1.82, 2.24) is 9.36 Å². The molecule has 0 saturated heterocycles. The molecule has 21 heavy (non-hydrogen) atoms. The first kappa shape index (κ1) is 15.2. The molecule has 2 N–H and O–H groups in total. The third kappa shape index (κ3) is 3.46. The summed E-state index contributed by atoms with van der Waals surface area (Å²) in [5.74, 6) is 0.830. The molecule has 0 radical (unpaired) electrons. The maximum atomic E-state index is 12.1. The normalized spacial score (nSPS) is 10.8. The van der Waals surface area contributed by atoms with E-state index in [4.69, 9.17) is 15.2 Å². The van der Waals surface area contributed by atoms with Gasteiger partial charge in [0.1, 0.15) is 11.4 Å². The number of nitrogen functional groups attached to an aromatic ring is 1. The zero-order valence-corrected chi connectivity index (χ0v) is 12.4. The number of anilines is 1. The third-order valence-electron chi connectivity index (χ3n) is 3.34. The van der Waals surface area contributed by atoms with Crippen LogP contribution in [0.3, 0.4) is 0 Å². The van der Waals surface area contributed by atoms with Gasteiger partial charge < -0.3 is 15.2 Å². The van der Waals surface area contributed by atoms with Crippen LogP contribution in [0.4, 0.5) is 5.69 Å². The maximum absolute atomic E-state index is 12.1. The highest BCUT2D eigenvalue weighted by Crippen LogP contribution is 2.10. The number of ether oxygens (including phenoxy) is 2. The molecule has 0 fully saturated rings. The largest absolute Gasteiger partial charge is 0.494 e. The Labute approximate surface area is 123 Å². The quantitative estimate of drug-likeness (QED) is 0.782. The molecule has 0 aliphatic carbocycles. The minimum absolute atomic E-state index is 0.177. The Morgan fingerprint density at radius 2 is 1.95 bits per heavy atom. The van der Waals surface area contributed by atoms with Gasteiger partial charge in [-0.1, -0.05) is 18.2 Å². The molecule has 1 heterocycles. The van der Waals surface area contributed by atoms with E-state index >= 15 is 0 Å². The molecule has 0 aliphatic heterocycles. The van der Waals surface area contributed by atoms with Crippen molar-refractivity contribution in [3.63, 3.8) is 0 Å². The standard InChI is InChI=1S/C15H21N3O3/c1-17-13(11-20-2)14(16)15(19)18(17)9-6-10-21-12-7-4-3-5-8-12/h3-5,7-8H,6,9-11,16H2,1-2H3. The van der Waals surface area contributed by atoms with Crippen molar-refractivity contribution in [2.75, 3.05) is 19.5 Å². The lowest BCUT2D eigenvalue weighted by atomic mass is 10.3. The van der Waals surface area contributed by atoms with Gasteiger partial charge in [0.05, 0.1) is 18.9 Å². The predicted molar refractivity (Wildman–Crippen MR) is 81.4 cm³/mol. The van der Waals surface area contributed by atoms with E-state index in [0.29, 0.717) is 25.5 Å². The highest BCUT2D eigenvalue weighted by Gasteiger charge is 2.14. The molecular weight excluding hydrogens is 270 g/mol. The summed E-state index contributed by atoms with van der Waals surface area (Å²) >= 11 is 0. The molecule has 1 aromatic heterocycles. The second kappa shape index (κ2) is 6.99. The van der Waals surface area contributed by atoms with Crippen LogP contribution in [0.2, 0.25) is 0 Å². The molecular formula is C15H21N3O3. The van der Waals surface area contributed by atoms with Crippen molar-refractivity contribution in [3.05, 3.63) is 46.4 Å². The average molecular weight is 291 g/mol. The molecule has 2 rings (SSSR count). The van der Waals surface area contributed by atoms with Crippen LogP contribution in [-0.4, -0.2) is 23.1 Å². The average Bonchev–Trinajstić information content (AvgIpc) is 2.70. The minimum atomic E-state index is -0.177. The third-order valence-corrected chi connectivity index (χ3v) is 3.34. The summed E-state index contributed by atoms with van der Waals surface area (Å²) in [5.41, 5.74) is 6.60. The Balaban J connectivity index is 1.94. The molecule has 1 aromatic carbocycles. The number of para-hydroxylation sites is 1. The van der Waals surface area contributed by atoms with Gasteiger partial charge in [-0.15, -0.1) is 0 Å². The van der Waals surface area contributed by atoms with E-state index in [0.717, 1.165) is 12.2 Å². The summed E-state index contributed by atoms with van der Waals surface area (Å²) in [4.78, 5) is 12.1. The van der Waals surface area contributed by atoms with Gasteiger partial charge in [0.25, 0.3) is 5.56 Å². The fourth-order valence-corrected chi connectivity index (χ4v) is 2.20. The van der Waals surface area contributed by atoms with E-state index in [-0.39, 0.29) is 11.2 Å². The van der Waals surface area contributed by atoms with Gasteiger partial charge in [-0.2, -0.15) is 0 Å². The van der Waals surface area contributed by atoms with E-state index in [9.17, 15) is 4.79 Å². The summed E-state index contributed by atoms with van der Waals surface area (Å²) in [5, 5.41) is 0. The lowest BCUT2D eigenvalue weighted by molar-refractivity contribution is 0.176. The van der Waals surface area contributed by atoms with E-state index in [2.05, 4.69) is 0 Å². The number of rotatable bonds is 7. The Morgan fingerprint density at radius 1 is 1.24 bits per heavy atom. The number of nitrogens with zero attached hydrogens (tertiary/aromatic N) is 2. The molecule has 6 heteroatoms. The minimum Gasteiger partial charge on any atom is -0.494 e. The molecule has 6 nitrogen and oxygen atoms in total. The number of methoxy groups -OCH3 is 1. The smallest absolute Gasteiger partial charge is 0.290 e. The van der Waals surface area contributed by atoms with Crippen molar-refractivity contribution in [1.29, 1.82) is 0 Å². The summed E-state index contributed by atoms with van der Waals surface area (Å²) in [6.45, 7) is 1.42. The monoisotopic (exact) mass is 291 g/mol. The number of aromatic nitrogens is 2. The first-order chi connectivity index (χ1) is 10.1. The van der Waals surface area contributed by atoms with Crippen LogP contribution >= 0.6 is 0 Å². The van der Waals surface area contributed by atoms with Crippen LogP contribution in [-0.2, 0) is 24.9 Å². The van der Waals surface area contributed by atoms with Crippen LogP contribution in [0.15, 0.2) is 35.1 Å². The van der Waals surface area contributed by atoms with Gasteiger partial charge >= 0.3 is 0 Å². The topological polar surface area (TPSA) is 71.4 Å². The highest BCUT2D eigenvalue weighted by molar-refractivity contribution is 5.41. The van der Waals surface area contributed by atoms with Crippen molar-refractivity contribution in [2.24, 2.45) is 7.05 Å². The summed E-state index contributed by atoms with van der Waals surface area (Å²) < 4.78 is 14.0. The molecule has 0 saturated carbocycles. The highest BCUT2D eigenvalue weighted by atomic mass is 16.5. The van der Waals surface area contributed by atoms with Crippen LogP contribution in [0.5, 0.6) is 5.75 Å². The van der Waals surface area contributed by atoms with Crippen LogP contribution in [0, 0.1) is 0 Å². The number of hydrogen-bond acceptors (Lipinski definition) is 4. The Morgan fingerprint density at radius 3 is 2.62 bits per heavy atom. The zero-order valence-electron chi connectivity index (χ0n) is 12.4. The van der Waals surface area contributed by atoms with Crippen LogP contribution in [0.1, 0.15) is 12.1 Å². The molecule has 0 aliphatic rings. The van der Waals surface area contributed by atoms with Gasteiger partial charge in [-0.05, 0) is 12.1 Å². The molecule has 0 atom stereocenters. The lowest BCUT2D eigenvalue weighted by Gasteiger charge is -2.10. The second-order valence-corrected chi connectivity index (χ2v) is 4.76. The van der Waals surface area contributed by atoms with Gasteiger partial charge in [0, 0.05) is 27.1 Å². The van der Waals surface area contributed by atoms with Gasteiger partial charge in [0.15, 0.2) is 0 Å². The van der Waals surface area contributed by atoms with Gasteiger partial charge in [-0.25, -0.2) is 4.68 Å². The molecule has 0 unspecified atom stereocenters. The first-order valence-corrected chi connectivity index (χ1v) is 6.86. The zero-order chi connectivity index (χ0) is 15.2. The lowest BCUT2D eigenvalue weighted by Crippen LogP contribution is -2.23. The molecule has 0 spiro atoms. The Kier molecular flexibility index (Phi) is 5.05. The van der Waals surface area contributed by atoms with Crippen molar-refractivity contribution in [2.45, 2.75) is 19.6 Å². The van der Waals surface area contributed by atoms with Crippen LogP contribution < -0.4 is 16.0 Å². The van der Waals surface area contributed by atoms with E-state index < -0.39 is 0 Å². The van der Waals surface area contributed by atoms with E-state index in [1.54, 1.807) is 16.5 Å². The maximum Gasteiger partial charge on any atom is 0.290 e.